The summed E-state index contributed by atoms with van der Waals surface area (Å²) >= 11 is 0. The van der Waals surface area contributed by atoms with Gasteiger partial charge in [0.25, 0.3) is 0 Å². The Bertz CT molecular complexity index is 1900. The van der Waals surface area contributed by atoms with Crippen LogP contribution in [0.2, 0.25) is 0 Å². The lowest BCUT2D eigenvalue weighted by atomic mass is 9.85. The van der Waals surface area contributed by atoms with Crippen molar-refractivity contribution in [3.05, 3.63) is 0 Å². The Hall–Kier alpha value is -5.58. The molecule has 1 aliphatic heterocycles. The van der Waals surface area contributed by atoms with Crippen molar-refractivity contribution in [2.24, 2.45) is 40.7 Å². The number of hydrogen-bond acceptors (Lipinski definition) is 17. The molecule has 2 rings (SSSR count). The third-order valence-corrected chi connectivity index (χ3v) is 12.9. The summed E-state index contributed by atoms with van der Waals surface area (Å²) in [5, 5.41) is 57.3. The Morgan fingerprint density at radius 2 is 0.973 bits per heavy atom. The van der Waals surface area contributed by atoms with E-state index in [4.69, 9.17) is 22.9 Å². The average molecular weight is 1070 g/mol. The lowest BCUT2D eigenvalue weighted by Crippen LogP contribution is -2.61. The van der Waals surface area contributed by atoms with E-state index in [-0.39, 0.29) is 82.5 Å². The second-order valence-electron chi connectivity index (χ2n) is 20.4. The summed E-state index contributed by atoms with van der Waals surface area (Å²) < 4.78 is 0. The second kappa shape index (κ2) is 33.5. The van der Waals surface area contributed by atoms with Crippen LogP contribution >= 0.6 is 0 Å². The maximum atomic E-state index is 14.3. The monoisotopic (exact) mass is 1070 g/mol. The zero-order chi connectivity index (χ0) is 56.5. The molecule has 0 spiro atoms. The van der Waals surface area contributed by atoms with E-state index in [1.54, 1.807) is 27.7 Å². The Morgan fingerprint density at radius 3 is 1.40 bits per heavy atom. The molecule has 1 saturated carbocycles. The summed E-state index contributed by atoms with van der Waals surface area (Å²) in [6.07, 6.45) is -1.74. The largest absolute Gasteiger partial charge is 0.391 e. The molecule has 21 N–H and O–H groups in total. The molecule has 0 aromatic carbocycles. The van der Waals surface area contributed by atoms with Gasteiger partial charge in [0.2, 0.25) is 59.1 Å². The van der Waals surface area contributed by atoms with Crippen LogP contribution in [-0.2, 0) is 47.9 Å². The zero-order valence-electron chi connectivity index (χ0n) is 44.4. The number of carbonyl (C=O) groups excluding carboxylic acids is 10. The molecular formula is C48H88N14O13. The SMILES string of the molecule is CC(C)C[C@@H]1NC(=O)[C@@H](CC(C)C)NC(=O)[C@H](CCN)NC(=O)[C@@H](NC(=O)[C@H](CCN)NC(=O)[C@@H](NC(=O)C(O)C2CCCCC2)C(C)O)CCNC(=O)C(C(C)O)NC(=O)[C@H](CCN)NC(=O)[C@H](CCN)NC1=O. The highest BCUT2D eigenvalue weighted by Gasteiger charge is 2.38. The molecule has 0 bridgehead atoms. The van der Waals surface area contributed by atoms with Crippen LogP contribution in [-0.4, -0.2) is 180 Å². The van der Waals surface area contributed by atoms with E-state index in [1.807, 2.05) is 0 Å². The molecule has 0 aromatic rings. The molecule has 1 heterocycles. The van der Waals surface area contributed by atoms with Gasteiger partial charge in [-0.25, -0.2) is 0 Å². The van der Waals surface area contributed by atoms with E-state index < -0.39 is 145 Å². The molecule has 0 aromatic heterocycles. The Kier molecular flexibility index (Phi) is 29.2. The summed E-state index contributed by atoms with van der Waals surface area (Å²) in [5.41, 5.74) is 23.4. The number of aliphatic hydroxyl groups is 3. The van der Waals surface area contributed by atoms with Gasteiger partial charge in [-0.3, -0.25) is 47.9 Å². The van der Waals surface area contributed by atoms with E-state index >= 15 is 0 Å². The Morgan fingerprint density at radius 1 is 0.533 bits per heavy atom. The highest BCUT2D eigenvalue weighted by molar-refractivity contribution is 5.99. The van der Waals surface area contributed by atoms with E-state index in [9.17, 15) is 63.3 Å². The van der Waals surface area contributed by atoms with Crippen molar-refractivity contribution in [2.45, 2.75) is 191 Å². The molecule has 1 aliphatic carbocycles. The molecule has 75 heavy (non-hydrogen) atoms. The molecule has 2 aliphatic rings. The van der Waals surface area contributed by atoms with Crippen LogP contribution in [0.25, 0.3) is 0 Å². The van der Waals surface area contributed by atoms with Crippen molar-refractivity contribution in [3.63, 3.8) is 0 Å². The summed E-state index contributed by atoms with van der Waals surface area (Å²) in [6.45, 7) is 8.57. The first kappa shape index (κ1) is 65.5. The van der Waals surface area contributed by atoms with Gasteiger partial charge in [0.1, 0.15) is 60.5 Å². The molecule has 12 atom stereocenters. The fraction of sp³-hybridized carbons (Fsp3) is 0.792. The van der Waals surface area contributed by atoms with Crippen LogP contribution in [0.5, 0.6) is 0 Å². The number of rotatable bonds is 21. The maximum absolute atomic E-state index is 14.3. The normalized spacial score (nSPS) is 25.6. The predicted molar refractivity (Wildman–Crippen MR) is 275 cm³/mol. The maximum Gasteiger partial charge on any atom is 0.249 e. The van der Waals surface area contributed by atoms with E-state index in [1.165, 1.54) is 13.8 Å². The first-order chi connectivity index (χ1) is 35.4. The fourth-order valence-electron chi connectivity index (χ4n) is 8.73. The average Bonchev–Trinajstić information content (AvgIpc) is 3.34. The van der Waals surface area contributed by atoms with Gasteiger partial charge in [-0.1, -0.05) is 47.0 Å². The molecule has 2 fully saturated rings. The zero-order valence-corrected chi connectivity index (χ0v) is 44.4. The van der Waals surface area contributed by atoms with Crippen LogP contribution in [0.1, 0.15) is 119 Å². The second-order valence-corrected chi connectivity index (χ2v) is 20.4. The van der Waals surface area contributed by atoms with Gasteiger partial charge in [0.05, 0.1) is 12.2 Å². The lowest BCUT2D eigenvalue weighted by molar-refractivity contribution is -0.139. The van der Waals surface area contributed by atoms with Crippen LogP contribution in [0.15, 0.2) is 0 Å². The Labute approximate surface area is 439 Å². The van der Waals surface area contributed by atoms with Crippen molar-refractivity contribution < 1.29 is 63.3 Å². The third kappa shape index (κ3) is 22.3. The van der Waals surface area contributed by atoms with E-state index in [0.717, 1.165) is 19.3 Å². The molecule has 4 unspecified atom stereocenters. The highest BCUT2D eigenvalue weighted by Crippen LogP contribution is 2.26. The van der Waals surface area contributed by atoms with Crippen molar-refractivity contribution in [1.82, 2.24) is 53.2 Å². The lowest BCUT2D eigenvalue weighted by Gasteiger charge is -2.29. The molecule has 428 valence electrons. The van der Waals surface area contributed by atoms with Crippen molar-refractivity contribution in [1.29, 1.82) is 0 Å². The smallest absolute Gasteiger partial charge is 0.249 e. The third-order valence-electron chi connectivity index (χ3n) is 12.9. The van der Waals surface area contributed by atoms with Gasteiger partial charge in [-0.15, -0.1) is 0 Å². The van der Waals surface area contributed by atoms with Crippen molar-refractivity contribution >= 4 is 59.1 Å². The predicted octanol–water partition coefficient (Wildman–Crippen LogP) is -5.94. The highest BCUT2D eigenvalue weighted by atomic mass is 16.3. The van der Waals surface area contributed by atoms with Crippen molar-refractivity contribution in [3.8, 4) is 0 Å². The first-order valence-electron chi connectivity index (χ1n) is 26.2. The molecule has 27 heteroatoms. The van der Waals surface area contributed by atoms with Crippen molar-refractivity contribution in [2.75, 3.05) is 32.7 Å². The molecule has 1 saturated heterocycles. The number of aliphatic hydroxyl groups excluding tert-OH is 3. The van der Waals surface area contributed by atoms with Gasteiger partial charge in [-0.2, -0.15) is 0 Å². The number of amides is 10. The van der Waals surface area contributed by atoms with E-state index in [0.29, 0.717) is 12.8 Å². The summed E-state index contributed by atoms with van der Waals surface area (Å²) in [6, 6.07) is -13.1. The molecular weight excluding hydrogens is 981 g/mol. The minimum Gasteiger partial charge on any atom is -0.391 e. The van der Waals surface area contributed by atoms with E-state index in [2.05, 4.69) is 53.2 Å². The van der Waals surface area contributed by atoms with Gasteiger partial charge in [-0.05, 0) is 116 Å². The summed E-state index contributed by atoms with van der Waals surface area (Å²) in [4.78, 5) is 139. The van der Waals surface area contributed by atoms with Crippen LogP contribution in [0.3, 0.4) is 0 Å². The minimum absolute atomic E-state index is 0.0560. The van der Waals surface area contributed by atoms with Crippen LogP contribution in [0, 0.1) is 17.8 Å². The Balaban J connectivity index is 2.65. The number of hydrogen-bond donors (Lipinski definition) is 17. The number of carbonyl (C=O) groups is 10. The molecule has 0 radical (unpaired) electrons. The molecule has 10 amide bonds. The number of nitrogens with two attached hydrogens (primary N) is 4. The number of nitrogens with one attached hydrogen (secondary N) is 10. The topological polar surface area (TPSA) is 456 Å². The summed E-state index contributed by atoms with van der Waals surface area (Å²) in [5.74, 6) is -9.83. The fourth-order valence-corrected chi connectivity index (χ4v) is 8.73. The van der Waals surface area contributed by atoms with Gasteiger partial charge < -0.3 is 91.4 Å². The minimum atomic E-state index is -1.66. The van der Waals surface area contributed by atoms with Gasteiger partial charge in [0.15, 0.2) is 0 Å². The summed E-state index contributed by atoms with van der Waals surface area (Å²) in [7, 11) is 0. The first-order valence-corrected chi connectivity index (χ1v) is 26.2. The van der Waals surface area contributed by atoms with Gasteiger partial charge >= 0.3 is 0 Å². The quantitative estimate of drug-likeness (QED) is 0.0509. The standard InChI is InChI=1S/C48H88N14O13/c1-24(2)22-34-44(71)56-29(12-17-49)39(66)55-32(15-20-52)43(70)61-36(26(5)63)46(73)53-21-16-33(42(69)54-30(13-18-50)41(68)59-35(23-25(3)4)45(72)60-34)57-40(67)31(14-19-51)58-47(74)37(27(6)64)62-48(75)38(65)28-10-8-7-9-11-28/h24-38,63-65H,7-23,49-52H2,1-6H3,(H,53,73)(H,54,69)(H,55,66)(H,56,71)(H,57,67)(H,58,74)(H,59,68)(H,60,72)(H,61,70)(H,62,75)/t26?,27?,29-,30-,31-,32-,33-,34-,35+,36?,37-,38?/m0/s1. The van der Waals surface area contributed by atoms with Crippen LogP contribution in [0.4, 0.5) is 0 Å². The molecule has 27 nitrogen and oxygen atoms in total. The van der Waals surface area contributed by atoms with Gasteiger partial charge in [0, 0.05) is 6.54 Å². The van der Waals surface area contributed by atoms with Crippen LogP contribution < -0.4 is 76.1 Å².